The van der Waals surface area contributed by atoms with Crippen molar-refractivity contribution in [3.05, 3.63) is 34.1 Å². The van der Waals surface area contributed by atoms with Crippen LogP contribution >= 0.6 is 15.9 Å². The van der Waals surface area contributed by atoms with Gasteiger partial charge in [-0.25, -0.2) is 4.39 Å². The van der Waals surface area contributed by atoms with Crippen molar-refractivity contribution in [2.24, 2.45) is 17.8 Å². The van der Waals surface area contributed by atoms with E-state index in [1.165, 1.54) is 44.2 Å². The normalized spacial score (nSPS) is 29.0. The molecule has 2 aliphatic rings. The number of benzene rings is 1. The van der Waals surface area contributed by atoms with Crippen LogP contribution in [0.4, 0.5) is 4.39 Å². The number of hydrogen-bond acceptors (Lipinski definition) is 1. The maximum Gasteiger partial charge on any atom is 0.140 e. The van der Waals surface area contributed by atoms with Crippen LogP contribution in [0.1, 0.15) is 50.5 Å². The lowest BCUT2D eigenvalue weighted by Gasteiger charge is -2.38. The maximum absolute atomic E-state index is 13.4. The smallest absolute Gasteiger partial charge is 0.140 e. The predicted octanol–water partition coefficient (Wildman–Crippen LogP) is 5.31. The van der Waals surface area contributed by atoms with Crippen LogP contribution in [-0.2, 0) is 11.2 Å². The van der Waals surface area contributed by atoms with Gasteiger partial charge in [0.1, 0.15) is 11.6 Å². The molecule has 3 unspecified atom stereocenters. The van der Waals surface area contributed by atoms with Crippen molar-refractivity contribution in [1.82, 2.24) is 0 Å². The van der Waals surface area contributed by atoms with E-state index < -0.39 is 0 Å². The summed E-state index contributed by atoms with van der Waals surface area (Å²) in [4.78, 5) is 12.5. The van der Waals surface area contributed by atoms with Crippen molar-refractivity contribution >= 4 is 21.7 Å². The van der Waals surface area contributed by atoms with Crippen molar-refractivity contribution in [3.63, 3.8) is 0 Å². The van der Waals surface area contributed by atoms with E-state index in [0.29, 0.717) is 16.7 Å². The van der Waals surface area contributed by atoms with Crippen LogP contribution in [0.25, 0.3) is 0 Å². The lowest BCUT2D eigenvalue weighted by molar-refractivity contribution is -0.124. The first-order valence-electron chi connectivity index (χ1n) is 8.09. The minimum Gasteiger partial charge on any atom is -0.299 e. The Hall–Kier alpha value is -0.700. The molecule has 0 amide bonds. The first-order valence-corrected chi connectivity index (χ1v) is 8.89. The minimum atomic E-state index is -0.275. The SMILES string of the molecule is O=C(Cc1cc(F)cc(Br)c1)C1CCC2CCCCC2C1. The summed E-state index contributed by atoms with van der Waals surface area (Å²) in [5.41, 5.74) is 0.789. The Labute approximate surface area is 134 Å². The highest BCUT2D eigenvalue weighted by molar-refractivity contribution is 9.10. The molecule has 0 heterocycles. The predicted molar refractivity (Wildman–Crippen MR) is 85.6 cm³/mol. The summed E-state index contributed by atoms with van der Waals surface area (Å²) in [7, 11) is 0. The number of carbonyl (C=O) groups excluding carboxylic acids is 1. The molecule has 0 aromatic heterocycles. The average Bonchev–Trinajstić information content (AvgIpc) is 2.45. The van der Waals surface area contributed by atoms with Gasteiger partial charge in [0.25, 0.3) is 0 Å². The molecular weight excluding hydrogens is 331 g/mol. The topological polar surface area (TPSA) is 17.1 Å². The minimum absolute atomic E-state index is 0.200. The Balaban J connectivity index is 1.62. The van der Waals surface area contributed by atoms with Gasteiger partial charge >= 0.3 is 0 Å². The highest BCUT2D eigenvalue weighted by atomic mass is 79.9. The molecule has 3 rings (SSSR count). The molecule has 0 bridgehead atoms. The van der Waals surface area contributed by atoms with E-state index in [2.05, 4.69) is 15.9 Å². The molecule has 0 saturated heterocycles. The lowest BCUT2D eigenvalue weighted by Crippen LogP contribution is -2.31. The third kappa shape index (κ3) is 3.74. The second-order valence-corrected chi connectivity index (χ2v) is 7.65. The number of carbonyl (C=O) groups is 1. The second-order valence-electron chi connectivity index (χ2n) is 6.74. The van der Waals surface area contributed by atoms with Gasteiger partial charge in [0.2, 0.25) is 0 Å². The summed E-state index contributed by atoms with van der Waals surface area (Å²) in [6.07, 6.45) is 9.07. The first-order chi connectivity index (χ1) is 10.1. The highest BCUT2D eigenvalue weighted by Crippen LogP contribution is 2.43. The zero-order valence-corrected chi connectivity index (χ0v) is 13.9. The summed E-state index contributed by atoms with van der Waals surface area (Å²) < 4.78 is 14.1. The Bertz CT molecular complexity index is 508. The van der Waals surface area contributed by atoms with E-state index in [0.717, 1.165) is 30.2 Å². The molecule has 1 aromatic carbocycles. The molecule has 0 N–H and O–H groups in total. The second kappa shape index (κ2) is 6.60. The van der Waals surface area contributed by atoms with Crippen LogP contribution in [-0.4, -0.2) is 5.78 Å². The summed E-state index contributed by atoms with van der Waals surface area (Å²) >= 11 is 3.29. The van der Waals surface area contributed by atoms with Crippen molar-refractivity contribution in [2.75, 3.05) is 0 Å². The van der Waals surface area contributed by atoms with Crippen molar-refractivity contribution in [2.45, 2.75) is 51.4 Å². The molecule has 1 nitrogen and oxygen atoms in total. The van der Waals surface area contributed by atoms with E-state index in [1.807, 2.05) is 6.07 Å². The molecule has 1 aromatic rings. The standard InChI is InChI=1S/C18H22BrFO/c19-16-7-12(8-17(20)11-16)9-18(21)15-6-5-13-3-1-2-4-14(13)10-15/h7-8,11,13-15H,1-6,9-10H2. The average molecular weight is 353 g/mol. The number of rotatable bonds is 3. The summed E-state index contributed by atoms with van der Waals surface area (Å²) in [6, 6.07) is 4.77. The van der Waals surface area contributed by atoms with E-state index in [9.17, 15) is 9.18 Å². The number of fused-ring (bicyclic) bond motifs is 1. The zero-order valence-electron chi connectivity index (χ0n) is 12.3. The number of halogens is 2. The monoisotopic (exact) mass is 352 g/mol. The molecule has 0 aliphatic heterocycles. The fourth-order valence-corrected chi connectivity index (χ4v) is 4.74. The zero-order chi connectivity index (χ0) is 14.8. The summed E-state index contributed by atoms with van der Waals surface area (Å²) in [5.74, 6) is 1.86. The Morgan fingerprint density at radius 1 is 1.10 bits per heavy atom. The molecule has 2 saturated carbocycles. The fourth-order valence-electron chi connectivity index (χ4n) is 4.22. The van der Waals surface area contributed by atoms with Crippen molar-refractivity contribution in [3.8, 4) is 0 Å². The van der Waals surface area contributed by atoms with Crippen LogP contribution in [0.5, 0.6) is 0 Å². The molecule has 3 heteroatoms. The van der Waals surface area contributed by atoms with Crippen LogP contribution in [0.15, 0.2) is 22.7 Å². The van der Waals surface area contributed by atoms with Crippen LogP contribution in [0.2, 0.25) is 0 Å². The maximum atomic E-state index is 13.4. The number of Topliss-reactive ketones (excluding diaryl/α,β-unsaturated/α-hetero) is 1. The molecule has 114 valence electrons. The number of ketones is 1. The Kier molecular flexibility index (Phi) is 4.78. The third-order valence-electron chi connectivity index (χ3n) is 5.30. The first kappa shape index (κ1) is 15.2. The molecule has 0 spiro atoms. The van der Waals surface area contributed by atoms with Gasteiger partial charge < -0.3 is 0 Å². The van der Waals surface area contributed by atoms with Crippen LogP contribution in [0.3, 0.4) is 0 Å². The van der Waals surface area contributed by atoms with E-state index in [1.54, 1.807) is 0 Å². The van der Waals surface area contributed by atoms with Crippen LogP contribution in [0, 0.1) is 23.6 Å². The summed E-state index contributed by atoms with van der Waals surface area (Å²) in [5, 5.41) is 0. The highest BCUT2D eigenvalue weighted by Gasteiger charge is 2.34. The van der Waals surface area contributed by atoms with E-state index in [-0.39, 0.29) is 11.7 Å². The van der Waals surface area contributed by atoms with Crippen molar-refractivity contribution in [1.29, 1.82) is 0 Å². The van der Waals surface area contributed by atoms with Crippen LogP contribution < -0.4 is 0 Å². The van der Waals surface area contributed by atoms with Gasteiger partial charge in [0, 0.05) is 16.8 Å². The molecule has 2 aliphatic carbocycles. The molecule has 2 fully saturated rings. The van der Waals surface area contributed by atoms with Gasteiger partial charge in [-0.1, -0.05) is 41.6 Å². The van der Waals surface area contributed by atoms with Gasteiger partial charge in [-0.05, 0) is 54.9 Å². The largest absolute Gasteiger partial charge is 0.299 e. The fraction of sp³-hybridized carbons (Fsp3) is 0.611. The van der Waals surface area contributed by atoms with Gasteiger partial charge in [0.05, 0.1) is 0 Å². The molecule has 21 heavy (non-hydrogen) atoms. The van der Waals surface area contributed by atoms with Crippen molar-refractivity contribution < 1.29 is 9.18 Å². The summed E-state index contributed by atoms with van der Waals surface area (Å²) in [6.45, 7) is 0. The lowest BCUT2D eigenvalue weighted by atomic mass is 9.66. The van der Waals surface area contributed by atoms with Gasteiger partial charge in [0.15, 0.2) is 0 Å². The number of hydrogen-bond donors (Lipinski definition) is 0. The quantitative estimate of drug-likeness (QED) is 0.720. The Morgan fingerprint density at radius 2 is 1.86 bits per heavy atom. The van der Waals surface area contributed by atoms with E-state index in [4.69, 9.17) is 0 Å². The Morgan fingerprint density at radius 3 is 2.62 bits per heavy atom. The van der Waals surface area contributed by atoms with Gasteiger partial charge in [-0.15, -0.1) is 0 Å². The third-order valence-corrected chi connectivity index (χ3v) is 5.75. The van der Waals surface area contributed by atoms with Gasteiger partial charge in [-0.3, -0.25) is 4.79 Å². The van der Waals surface area contributed by atoms with Gasteiger partial charge in [-0.2, -0.15) is 0 Å². The molecule has 0 radical (unpaired) electrons. The molecule has 3 atom stereocenters. The van der Waals surface area contributed by atoms with E-state index >= 15 is 0 Å². The molecular formula is C18H22BrFO.